The molecule has 4 rings (SSSR count). The quantitative estimate of drug-likeness (QED) is 0.761. The van der Waals surface area contributed by atoms with Crippen molar-refractivity contribution in [2.75, 3.05) is 19.7 Å². The first-order valence-corrected chi connectivity index (χ1v) is 8.81. The maximum Gasteiger partial charge on any atom is 0.345 e. The summed E-state index contributed by atoms with van der Waals surface area (Å²) in [7, 11) is 0. The molecule has 132 valence electrons. The zero-order chi connectivity index (χ0) is 17.4. The lowest BCUT2D eigenvalue weighted by molar-refractivity contribution is -0.140. The summed E-state index contributed by atoms with van der Waals surface area (Å²) in [5.74, 6) is -0.154. The van der Waals surface area contributed by atoms with Crippen molar-refractivity contribution in [1.29, 1.82) is 0 Å². The predicted molar refractivity (Wildman–Crippen MR) is 92.2 cm³/mol. The van der Waals surface area contributed by atoms with Crippen LogP contribution in [0.1, 0.15) is 18.4 Å². The van der Waals surface area contributed by atoms with E-state index in [-0.39, 0.29) is 23.2 Å². The largest absolute Gasteiger partial charge is 0.469 e. The zero-order valence-electron chi connectivity index (χ0n) is 13.7. The van der Waals surface area contributed by atoms with Crippen molar-refractivity contribution < 1.29 is 19.2 Å². The Morgan fingerprint density at radius 2 is 2.08 bits per heavy atom. The molecule has 2 atom stereocenters. The molecule has 3 fully saturated rings. The second kappa shape index (κ2) is 6.61. The summed E-state index contributed by atoms with van der Waals surface area (Å²) in [5.41, 5.74) is 0.999. The maximum absolute atomic E-state index is 12.7. The fourth-order valence-electron chi connectivity index (χ4n) is 3.55. The number of benzene rings is 1. The molecule has 3 aliphatic heterocycles. The van der Waals surface area contributed by atoms with Crippen molar-refractivity contribution in [3.8, 4) is 0 Å². The van der Waals surface area contributed by atoms with E-state index in [4.69, 9.17) is 21.8 Å². The molecular weight excluding hydrogens is 342 g/mol. The van der Waals surface area contributed by atoms with Crippen molar-refractivity contribution in [1.82, 2.24) is 14.9 Å². The van der Waals surface area contributed by atoms with Crippen LogP contribution in [0.5, 0.6) is 0 Å². The lowest BCUT2D eigenvalue weighted by atomic mass is 10.00. The number of carbonyl (C=O) groups excluding carboxylic acids is 2. The number of nitrogens with zero attached hydrogens (tertiary/aromatic N) is 3. The second-order valence-corrected chi connectivity index (χ2v) is 6.72. The fraction of sp³-hybridized carbons (Fsp3) is 0.471. The number of hydroxylamine groups is 2. The van der Waals surface area contributed by atoms with Crippen LogP contribution in [-0.2, 0) is 21.0 Å². The number of piperidine rings is 1. The molecule has 0 spiro atoms. The van der Waals surface area contributed by atoms with E-state index < -0.39 is 6.04 Å². The van der Waals surface area contributed by atoms with E-state index in [0.29, 0.717) is 32.7 Å². The van der Waals surface area contributed by atoms with Crippen LogP contribution in [0.2, 0.25) is 0 Å². The van der Waals surface area contributed by atoms with Crippen LogP contribution in [0.3, 0.4) is 0 Å². The molecular formula is C17H19N3O4S. The lowest BCUT2D eigenvalue weighted by Crippen LogP contribution is -2.51. The molecule has 25 heavy (non-hydrogen) atoms. The normalized spacial score (nSPS) is 25.5. The van der Waals surface area contributed by atoms with Gasteiger partial charge >= 0.3 is 6.03 Å². The molecule has 0 aromatic heterocycles. The summed E-state index contributed by atoms with van der Waals surface area (Å²) in [5, 5.41) is 1.63. The molecule has 8 heteroatoms. The SMILES string of the molecule is O=C([C@@H]1CCC2CN1C(=O)N2OCc1ccccc1)N1CCOC1=S. The summed E-state index contributed by atoms with van der Waals surface area (Å²) in [6, 6.07) is 8.95. The van der Waals surface area contributed by atoms with Crippen molar-refractivity contribution in [2.24, 2.45) is 0 Å². The van der Waals surface area contributed by atoms with E-state index in [1.54, 1.807) is 4.90 Å². The minimum atomic E-state index is -0.492. The third-order valence-corrected chi connectivity index (χ3v) is 5.19. The van der Waals surface area contributed by atoms with E-state index in [1.165, 1.54) is 9.96 Å². The first kappa shape index (κ1) is 16.3. The van der Waals surface area contributed by atoms with Gasteiger partial charge in [0, 0.05) is 6.54 Å². The number of amides is 3. The van der Waals surface area contributed by atoms with Crippen LogP contribution in [-0.4, -0.2) is 63.8 Å². The molecule has 3 heterocycles. The standard InChI is InChI=1S/C17H19N3O4S/c21-15(18-8-9-23-17(18)25)14-7-6-13-10-19(14)16(22)20(13)24-11-12-4-2-1-3-5-12/h1-5,13-14H,6-11H2/t13?,14-/m0/s1. The zero-order valence-corrected chi connectivity index (χ0v) is 14.5. The van der Waals surface area contributed by atoms with E-state index >= 15 is 0 Å². The van der Waals surface area contributed by atoms with Gasteiger partial charge in [-0.25, -0.2) is 4.79 Å². The smallest absolute Gasteiger partial charge is 0.345 e. The Morgan fingerprint density at radius 1 is 1.28 bits per heavy atom. The molecule has 0 saturated carbocycles. The van der Waals surface area contributed by atoms with Crippen molar-refractivity contribution in [3.05, 3.63) is 35.9 Å². The molecule has 3 amide bonds. The lowest BCUT2D eigenvalue weighted by Gasteiger charge is -2.31. The highest BCUT2D eigenvalue weighted by Gasteiger charge is 2.49. The van der Waals surface area contributed by atoms with Gasteiger partial charge in [0.05, 0.1) is 12.6 Å². The molecule has 3 saturated heterocycles. The average Bonchev–Trinajstić information content (AvgIpc) is 3.16. The van der Waals surface area contributed by atoms with Crippen LogP contribution in [0.25, 0.3) is 0 Å². The molecule has 7 nitrogen and oxygen atoms in total. The number of thiocarbonyl (C=S) groups is 1. The average molecular weight is 361 g/mol. The number of hydrogen-bond donors (Lipinski definition) is 0. The van der Waals surface area contributed by atoms with Crippen LogP contribution >= 0.6 is 12.2 Å². The monoisotopic (exact) mass is 361 g/mol. The van der Waals surface area contributed by atoms with Gasteiger partial charge in [-0.15, -0.1) is 0 Å². The molecule has 0 aliphatic carbocycles. The Labute approximate surface area is 151 Å². The van der Waals surface area contributed by atoms with Gasteiger partial charge in [0.15, 0.2) is 0 Å². The Hall–Kier alpha value is -2.19. The van der Waals surface area contributed by atoms with E-state index in [9.17, 15) is 9.59 Å². The minimum absolute atomic E-state index is 0.0120. The molecule has 2 bridgehead atoms. The Balaban J connectivity index is 1.43. The predicted octanol–water partition coefficient (Wildman–Crippen LogP) is 1.53. The van der Waals surface area contributed by atoms with Gasteiger partial charge in [0.25, 0.3) is 11.1 Å². The number of ether oxygens (including phenoxy) is 1. The third kappa shape index (κ3) is 2.96. The Kier molecular flexibility index (Phi) is 4.30. The van der Waals surface area contributed by atoms with Crippen molar-refractivity contribution in [3.63, 3.8) is 0 Å². The molecule has 3 aliphatic rings. The molecule has 0 radical (unpaired) electrons. The molecule has 1 aromatic carbocycles. The van der Waals surface area contributed by atoms with Crippen LogP contribution < -0.4 is 0 Å². The van der Waals surface area contributed by atoms with Crippen molar-refractivity contribution >= 4 is 29.3 Å². The van der Waals surface area contributed by atoms with E-state index in [1.807, 2.05) is 30.3 Å². The van der Waals surface area contributed by atoms with Crippen LogP contribution in [0.4, 0.5) is 4.79 Å². The van der Waals surface area contributed by atoms with Gasteiger partial charge < -0.3 is 9.64 Å². The number of carbonyl (C=O) groups is 2. The number of urea groups is 1. The first-order valence-electron chi connectivity index (χ1n) is 8.40. The summed E-state index contributed by atoms with van der Waals surface area (Å²) in [4.78, 5) is 34.3. The summed E-state index contributed by atoms with van der Waals surface area (Å²) in [6.07, 6.45) is 1.34. The van der Waals surface area contributed by atoms with E-state index in [0.717, 1.165) is 12.0 Å². The summed E-state index contributed by atoms with van der Waals surface area (Å²) in [6.45, 7) is 1.71. The summed E-state index contributed by atoms with van der Waals surface area (Å²) < 4.78 is 5.19. The van der Waals surface area contributed by atoms with Gasteiger partial charge in [-0.3, -0.25) is 14.5 Å². The van der Waals surface area contributed by atoms with Gasteiger partial charge in [-0.2, -0.15) is 5.06 Å². The second-order valence-electron chi connectivity index (χ2n) is 6.37. The number of fused-ring (bicyclic) bond motifs is 2. The number of hydrogen-bond acceptors (Lipinski definition) is 5. The van der Waals surface area contributed by atoms with Crippen LogP contribution in [0, 0.1) is 0 Å². The van der Waals surface area contributed by atoms with Gasteiger partial charge in [-0.1, -0.05) is 30.3 Å². The first-order chi connectivity index (χ1) is 12.1. The van der Waals surface area contributed by atoms with Gasteiger partial charge in [0.2, 0.25) is 0 Å². The molecule has 1 unspecified atom stereocenters. The Bertz CT molecular complexity index is 698. The Morgan fingerprint density at radius 3 is 2.80 bits per heavy atom. The highest BCUT2D eigenvalue weighted by atomic mass is 32.1. The highest BCUT2D eigenvalue weighted by molar-refractivity contribution is 7.80. The summed E-state index contributed by atoms with van der Waals surface area (Å²) >= 11 is 5.06. The van der Waals surface area contributed by atoms with Gasteiger partial charge in [0.1, 0.15) is 19.3 Å². The topological polar surface area (TPSA) is 62.3 Å². The maximum atomic E-state index is 12.7. The van der Waals surface area contributed by atoms with E-state index in [2.05, 4.69) is 0 Å². The molecule has 1 aromatic rings. The number of rotatable bonds is 4. The minimum Gasteiger partial charge on any atom is -0.469 e. The molecule has 0 N–H and O–H groups in total. The van der Waals surface area contributed by atoms with Gasteiger partial charge in [-0.05, 0) is 30.6 Å². The highest BCUT2D eigenvalue weighted by Crippen LogP contribution is 2.31. The van der Waals surface area contributed by atoms with Crippen molar-refractivity contribution in [2.45, 2.75) is 31.5 Å². The fourth-order valence-corrected chi connectivity index (χ4v) is 3.81. The van der Waals surface area contributed by atoms with Crippen LogP contribution in [0.15, 0.2) is 30.3 Å². The third-order valence-electron chi connectivity index (χ3n) is 4.85.